The summed E-state index contributed by atoms with van der Waals surface area (Å²) < 4.78 is 5.08. The lowest BCUT2D eigenvalue weighted by molar-refractivity contribution is -0.150. The molecular weight excluding hydrogens is 266 g/mol. The van der Waals surface area contributed by atoms with Gasteiger partial charge in [0.05, 0.1) is 12.0 Å². The Morgan fingerprint density at radius 3 is 2.86 bits per heavy atom. The summed E-state index contributed by atoms with van der Waals surface area (Å²) in [5, 5.41) is 2.98. The van der Waals surface area contributed by atoms with E-state index in [2.05, 4.69) is 17.4 Å². The third-order valence-electron chi connectivity index (χ3n) is 4.46. The number of carbonyl (C=O) groups is 2. The molecule has 112 valence electrons. The standard InChI is InChI=1S/C17H21NO3/c1-11-9-14(11)17(20)21-10-16(19)18-15-8-4-6-12-5-2-3-7-13(12)15/h2-3,5,7,11,14-15H,4,6,8-10H2,1H3,(H,18,19). The summed E-state index contributed by atoms with van der Waals surface area (Å²) in [4.78, 5) is 23.6. The molecule has 4 nitrogen and oxygen atoms in total. The second kappa shape index (κ2) is 5.88. The van der Waals surface area contributed by atoms with E-state index in [1.54, 1.807) is 0 Å². The monoisotopic (exact) mass is 287 g/mol. The predicted octanol–water partition coefficient (Wildman–Crippen LogP) is 2.38. The Balaban J connectivity index is 1.52. The molecule has 3 atom stereocenters. The second-order valence-corrected chi connectivity index (χ2v) is 6.14. The molecule has 3 unspecified atom stereocenters. The number of hydrogen-bond donors (Lipinski definition) is 1. The van der Waals surface area contributed by atoms with Crippen molar-refractivity contribution in [2.75, 3.05) is 6.61 Å². The number of ether oxygens (including phenoxy) is 1. The number of amides is 1. The normalized spacial score (nSPS) is 26.6. The van der Waals surface area contributed by atoms with Crippen molar-refractivity contribution in [3.63, 3.8) is 0 Å². The summed E-state index contributed by atoms with van der Waals surface area (Å²) in [6.45, 7) is 1.85. The molecule has 0 spiro atoms. The van der Waals surface area contributed by atoms with Crippen molar-refractivity contribution in [2.24, 2.45) is 11.8 Å². The van der Waals surface area contributed by atoms with Crippen molar-refractivity contribution in [3.05, 3.63) is 35.4 Å². The van der Waals surface area contributed by atoms with Crippen LogP contribution in [0.4, 0.5) is 0 Å². The first kappa shape index (κ1) is 14.1. The van der Waals surface area contributed by atoms with Gasteiger partial charge in [0, 0.05) is 0 Å². The lowest BCUT2D eigenvalue weighted by Gasteiger charge is -2.26. The van der Waals surface area contributed by atoms with E-state index in [4.69, 9.17) is 4.74 Å². The lowest BCUT2D eigenvalue weighted by atomic mass is 9.88. The third kappa shape index (κ3) is 3.26. The highest BCUT2D eigenvalue weighted by atomic mass is 16.5. The summed E-state index contributed by atoms with van der Waals surface area (Å²) in [7, 11) is 0. The first-order chi connectivity index (χ1) is 10.1. The summed E-state index contributed by atoms with van der Waals surface area (Å²) in [6, 6.07) is 8.25. The number of esters is 1. The minimum absolute atomic E-state index is 0.00760. The van der Waals surface area contributed by atoms with E-state index >= 15 is 0 Å². The molecule has 0 radical (unpaired) electrons. The van der Waals surface area contributed by atoms with E-state index < -0.39 is 0 Å². The fourth-order valence-electron chi connectivity index (χ4n) is 3.03. The van der Waals surface area contributed by atoms with Crippen LogP contribution in [0.25, 0.3) is 0 Å². The molecule has 1 amide bonds. The Labute approximate surface area is 124 Å². The highest BCUT2D eigenvalue weighted by molar-refractivity contribution is 5.82. The van der Waals surface area contributed by atoms with Crippen LogP contribution in [0.1, 0.15) is 43.4 Å². The smallest absolute Gasteiger partial charge is 0.309 e. The quantitative estimate of drug-likeness (QED) is 0.865. The molecule has 2 aliphatic rings. The maximum atomic E-state index is 12.0. The maximum absolute atomic E-state index is 12.0. The van der Waals surface area contributed by atoms with Gasteiger partial charge in [0.1, 0.15) is 0 Å². The minimum Gasteiger partial charge on any atom is -0.455 e. The van der Waals surface area contributed by atoms with Crippen LogP contribution >= 0.6 is 0 Å². The van der Waals surface area contributed by atoms with Crippen LogP contribution in [0, 0.1) is 11.8 Å². The number of fused-ring (bicyclic) bond motifs is 1. The van der Waals surface area contributed by atoms with E-state index in [0.717, 1.165) is 25.7 Å². The molecule has 0 aliphatic heterocycles. The lowest BCUT2D eigenvalue weighted by Crippen LogP contribution is -2.34. The number of aryl methyl sites for hydroxylation is 1. The Bertz CT molecular complexity index is 555. The maximum Gasteiger partial charge on any atom is 0.309 e. The second-order valence-electron chi connectivity index (χ2n) is 6.14. The van der Waals surface area contributed by atoms with E-state index in [-0.39, 0.29) is 30.4 Å². The molecule has 1 aromatic carbocycles. The summed E-state index contributed by atoms with van der Waals surface area (Å²) >= 11 is 0. The molecule has 2 aliphatic carbocycles. The van der Waals surface area contributed by atoms with Gasteiger partial charge in [0.2, 0.25) is 0 Å². The van der Waals surface area contributed by atoms with Crippen LogP contribution in [0.5, 0.6) is 0 Å². The van der Waals surface area contributed by atoms with Crippen LogP contribution < -0.4 is 5.32 Å². The van der Waals surface area contributed by atoms with Crippen molar-refractivity contribution >= 4 is 11.9 Å². The van der Waals surface area contributed by atoms with E-state index in [9.17, 15) is 9.59 Å². The van der Waals surface area contributed by atoms with Gasteiger partial charge in [0.15, 0.2) is 6.61 Å². The highest BCUT2D eigenvalue weighted by Gasteiger charge is 2.40. The fraction of sp³-hybridized carbons (Fsp3) is 0.529. The van der Waals surface area contributed by atoms with Crippen molar-refractivity contribution in [1.82, 2.24) is 5.32 Å². The van der Waals surface area contributed by atoms with Gasteiger partial charge in [-0.2, -0.15) is 0 Å². The van der Waals surface area contributed by atoms with Gasteiger partial charge < -0.3 is 10.1 Å². The summed E-state index contributed by atoms with van der Waals surface area (Å²) in [5.74, 6) is -0.0287. The Morgan fingerprint density at radius 2 is 2.10 bits per heavy atom. The third-order valence-corrected chi connectivity index (χ3v) is 4.46. The summed E-state index contributed by atoms with van der Waals surface area (Å²) in [6.07, 6.45) is 3.96. The van der Waals surface area contributed by atoms with Crippen LogP contribution in [0.15, 0.2) is 24.3 Å². The van der Waals surface area contributed by atoms with Crippen LogP contribution in [-0.2, 0) is 20.7 Å². The first-order valence-corrected chi connectivity index (χ1v) is 7.69. The molecule has 21 heavy (non-hydrogen) atoms. The molecule has 1 saturated carbocycles. The van der Waals surface area contributed by atoms with Gasteiger partial charge in [-0.05, 0) is 42.7 Å². The summed E-state index contributed by atoms with van der Waals surface area (Å²) in [5.41, 5.74) is 2.50. The van der Waals surface area contributed by atoms with Crippen LogP contribution in [-0.4, -0.2) is 18.5 Å². The largest absolute Gasteiger partial charge is 0.455 e. The SMILES string of the molecule is CC1CC1C(=O)OCC(=O)NC1CCCc2ccccc21. The van der Waals surface area contributed by atoms with Crippen LogP contribution in [0.2, 0.25) is 0 Å². The molecule has 0 heterocycles. The Hall–Kier alpha value is -1.84. The van der Waals surface area contributed by atoms with Gasteiger partial charge in [-0.1, -0.05) is 31.2 Å². The number of benzene rings is 1. The minimum atomic E-state index is -0.235. The van der Waals surface area contributed by atoms with Crippen LogP contribution in [0.3, 0.4) is 0 Å². The zero-order valence-corrected chi connectivity index (χ0v) is 12.3. The van der Waals surface area contributed by atoms with Crippen molar-refractivity contribution in [1.29, 1.82) is 0 Å². The molecule has 4 heteroatoms. The van der Waals surface area contributed by atoms with Crippen molar-refractivity contribution in [3.8, 4) is 0 Å². The molecule has 0 aromatic heterocycles. The van der Waals surface area contributed by atoms with Gasteiger partial charge in [0.25, 0.3) is 5.91 Å². The fourth-order valence-corrected chi connectivity index (χ4v) is 3.03. The first-order valence-electron chi connectivity index (χ1n) is 7.69. The van der Waals surface area contributed by atoms with E-state index in [0.29, 0.717) is 5.92 Å². The highest BCUT2D eigenvalue weighted by Crippen LogP contribution is 2.38. The van der Waals surface area contributed by atoms with Crippen molar-refractivity contribution < 1.29 is 14.3 Å². The van der Waals surface area contributed by atoms with E-state index in [1.807, 2.05) is 19.1 Å². The number of nitrogens with one attached hydrogen (secondary N) is 1. The van der Waals surface area contributed by atoms with Gasteiger partial charge in [-0.15, -0.1) is 0 Å². The molecule has 0 bridgehead atoms. The average molecular weight is 287 g/mol. The topological polar surface area (TPSA) is 55.4 Å². The van der Waals surface area contributed by atoms with Gasteiger partial charge >= 0.3 is 5.97 Å². The number of hydrogen-bond acceptors (Lipinski definition) is 3. The van der Waals surface area contributed by atoms with Gasteiger partial charge in [-0.3, -0.25) is 9.59 Å². The zero-order chi connectivity index (χ0) is 14.8. The molecule has 1 aromatic rings. The molecular formula is C17H21NO3. The molecule has 3 rings (SSSR count). The average Bonchev–Trinajstić information content (AvgIpc) is 3.22. The zero-order valence-electron chi connectivity index (χ0n) is 12.3. The van der Waals surface area contributed by atoms with Crippen molar-refractivity contribution in [2.45, 2.75) is 38.6 Å². The molecule has 0 saturated heterocycles. The predicted molar refractivity (Wildman–Crippen MR) is 78.5 cm³/mol. The Morgan fingerprint density at radius 1 is 1.33 bits per heavy atom. The number of rotatable bonds is 4. The Kier molecular flexibility index (Phi) is 3.95. The molecule has 1 N–H and O–H groups in total. The van der Waals surface area contributed by atoms with Gasteiger partial charge in [-0.25, -0.2) is 0 Å². The number of carbonyl (C=O) groups excluding carboxylic acids is 2. The van der Waals surface area contributed by atoms with E-state index in [1.165, 1.54) is 11.1 Å². The molecule has 1 fully saturated rings.